The first-order valence-electron chi connectivity index (χ1n) is 5.46. The fourth-order valence-corrected chi connectivity index (χ4v) is 1.90. The smallest absolute Gasteiger partial charge is 0.241 e. The Bertz CT molecular complexity index is 356. The molecule has 0 aliphatic carbocycles. The molecule has 5 nitrogen and oxygen atoms in total. The molecule has 1 atom stereocenters. The van der Waals surface area contributed by atoms with Gasteiger partial charge in [-0.25, -0.2) is 8.42 Å². The number of sulfone groups is 1. The van der Waals surface area contributed by atoms with Crippen molar-refractivity contribution in [3.8, 4) is 0 Å². The number of amides is 1. The molecule has 0 saturated carbocycles. The first-order valence-corrected chi connectivity index (χ1v) is 7.35. The topological polar surface area (TPSA) is 75.3 Å². The van der Waals surface area contributed by atoms with E-state index in [-0.39, 0.29) is 6.04 Å². The molecule has 6 heteroatoms. The standard InChI is InChI=1S/C10H20N2O3S/c1-10(2,16(3,14)15)9(13)12-8-5-4-6-11-7-8/h8,11H,4-7H2,1-3H3,(H,12,13). The lowest BCUT2D eigenvalue weighted by Crippen LogP contribution is -2.54. The summed E-state index contributed by atoms with van der Waals surface area (Å²) in [5.74, 6) is -0.413. The Balaban J connectivity index is 2.64. The third-order valence-electron chi connectivity index (χ3n) is 3.11. The zero-order valence-electron chi connectivity index (χ0n) is 10.0. The Morgan fingerprint density at radius 3 is 2.50 bits per heavy atom. The van der Waals surface area contributed by atoms with Crippen LogP contribution in [0.15, 0.2) is 0 Å². The molecule has 0 spiro atoms. The number of piperidine rings is 1. The van der Waals surface area contributed by atoms with E-state index in [4.69, 9.17) is 0 Å². The first-order chi connectivity index (χ1) is 7.25. The van der Waals surface area contributed by atoms with Crippen molar-refractivity contribution in [1.82, 2.24) is 10.6 Å². The number of rotatable bonds is 3. The maximum atomic E-state index is 11.9. The average molecular weight is 248 g/mol. The van der Waals surface area contributed by atoms with Crippen molar-refractivity contribution in [2.24, 2.45) is 0 Å². The maximum Gasteiger partial charge on any atom is 0.241 e. The summed E-state index contributed by atoms with van der Waals surface area (Å²) in [6.07, 6.45) is 2.99. The molecular weight excluding hydrogens is 228 g/mol. The van der Waals surface area contributed by atoms with Crippen LogP contribution in [-0.2, 0) is 14.6 Å². The summed E-state index contributed by atoms with van der Waals surface area (Å²) in [4.78, 5) is 11.9. The van der Waals surface area contributed by atoms with Gasteiger partial charge in [0, 0.05) is 18.8 Å². The summed E-state index contributed by atoms with van der Waals surface area (Å²) in [6.45, 7) is 4.55. The zero-order valence-corrected chi connectivity index (χ0v) is 10.9. The second-order valence-electron chi connectivity index (χ2n) is 4.80. The van der Waals surface area contributed by atoms with Gasteiger partial charge in [-0.1, -0.05) is 0 Å². The van der Waals surface area contributed by atoms with E-state index in [9.17, 15) is 13.2 Å². The number of carbonyl (C=O) groups is 1. The third kappa shape index (κ3) is 2.95. The van der Waals surface area contributed by atoms with Crippen molar-refractivity contribution in [2.45, 2.75) is 37.5 Å². The molecule has 0 aromatic rings. The highest BCUT2D eigenvalue weighted by Crippen LogP contribution is 2.16. The minimum absolute atomic E-state index is 0.0438. The Labute approximate surface area is 96.9 Å². The average Bonchev–Trinajstić information content (AvgIpc) is 2.17. The molecule has 1 fully saturated rings. The fourth-order valence-electron chi connectivity index (χ4n) is 1.50. The lowest BCUT2D eigenvalue weighted by atomic mass is 10.1. The number of hydrogen-bond donors (Lipinski definition) is 2. The van der Waals surface area contributed by atoms with Crippen LogP contribution in [0.1, 0.15) is 26.7 Å². The van der Waals surface area contributed by atoms with Gasteiger partial charge in [0.15, 0.2) is 9.84 Å². The van der Waals surface area contributed by atoms with Gasteiger partial charge in [0.2, 0.25) is 5.91 Å². The molecule has 1 heterocycles. The van der Waals surface area contributed by atoms with Gasteiger partial charge >= 0.3 is 0 Å². The zero-order chi connectivity index (χ0) is 12.4. The van der Waals surface area contributed by atoms with Gasteiger partial charge in [-0.05, 0) is 33.2 Å². The van der Waals surface area contributed by atoms with E-state index in [1.54, 1.807) is 0 Å². The predicted octanol–water partition coefficient (Wildman–Crippen LogP) is -0.322. The van der Waals surface area contributed by atoms with Gasteiger partial charge in [0.05, 0.1) is 0 Å². The Morgan fingerprint density at radius 1 is 1.44 bits per heavy atom. The lowest BCUT2D eigenvalue weighted by Gasteiger charge is -2.28. The largest absolute Gasteiger partial charge is 0.351 e. The van der Waals surface area contributed by atoms with Gasteiger partial charge in [0.1, 0.15) is 4.75 Å². The highest BCUT2D eigenvalue weighted by molar-refractivity contribution is 7.92. The molecule has 0 bridgehead atoms. The molecule has 0 aromatic carbocycles. The second kappa shape index (κ2) is 4.71. The molecule has 1 aliphatic rings. The number of nitrogens with one attached hydrogen (secondary N) is 2. The fraction of sp³-hybridized carbons (Fsp3) is 0.900. The molecular formula is C10H20N2O3S. The Morgan fingerprint density at radius 2 is 2.06 bits per heavy atom. The number of carbonyl (C=O) groups excluding carboxylic acids is 1. The summed E-state index contributed by atoms with van der Waals surface area (Å²) < 4.78 is 21.6. The lowest BCUT2D eigenvalue weighted by molar-refractivity contribution is -0.123. The van der Waals surface area contributed by atoms with E-state index >= 15 is 0 Å². The molecule has 0 aromatic heterocycles. The monoisotopic (exact) mass is 248 g/mol. The Hall–Kier alpha value is -0.620. The molecule has 1 aliphatic heterocycles. The van der Waals surface area contributed by atoms with Gasteiger partial charge < -0.3 is 10.6 Å². The van der Waals surface area contributed by atoms with Gasteiger partial charge in [-0.3, -0.25) is 4.79 Å². The second-order valence-corrected chi connectivity index (χ2v) is 7.36. The van der Waals surface area contributed by atoms with Crippen LogP contribution in [0.2, 0.25) is 0 Å². The highest BCUT2D eigenvalue weighted by Gasteiger charge is 2.39. The normalized spacial score (nSPS) is 22.8. The van der Waals surface area contributed by atoms with Crippen molar-refractivity contribution >= 4 is 15.7 Å². The molecule has 1 amide bonds. The van der Waals surface area contributed by atoms with Crippen LogP contribution in [0.4, 0.5) is 0 Å². The maximum absolute atomic E-state index is 11.9. The predicted molar refractivity (Wildman–Crippen MR) is 63.0 cm³/mol. The van der Waals surface area contributed by atoms with E-state index < -0.39 is 20.5 Å². The molecule has 0 radical (unpaired) electrons. The molecule has 1 unspecified atom stereocenters. The Kier molecular flexibility index (Phi) is 3.96. The first kappa shape index (κ1) is 13.4. The molecule has 1 saturated heterocycles. The minimum atomic E-state index is -3.38. The van der Waals surface area contributed by atoms with Crippen LogP contribution < -0.4 is 10.6 Å². The van der Waals surface area contributed by atoms with Gasteiger partial charge in [-0.2, -0.15) is 0 Å². The van der Waals surface area contributed by atoms with E-state index in [1.165, 1.54) is 13.8 Å². The highest BCUT2D eigenvalue weighted by atomic mass is 32.2. The van der Waals surface area contributed by atoms with Crippen molar-refractivity contribution < 1.29 is 13.2 Å². The molecule has 2 N–H and O–H groups in total. The van der Waals surface area contributed by atoms with E-state index in [0.717, 1.165) is 25.6 Å². The van der Waals surface area contributed by atoms with Gasteiger partial charge in [0.25, 0.3) is 0 Å². The van der Waals surface area contributed by atoms with Gasteiger partial charge in [-0.15, -0.1) is 0 Å². The SMILES string of the molecule is CC(C)(C(=O)NC1CCCNC1)S(C)(=O)=O. The van der Waals surface area contributed by atoms with E-state index in [0.29, 0.717) is 6.54 Å². The third-order valence-corrected chi connectivity index (χ3v) is 5.15. The summed E-state index contributed by atoms with van der Waals surface area (Å²) in [5, 5.41) is 5.95. The minimum Gasteiger partial charge on any atom is -0.351 e. The quantitative estimate of drug-likeness (QED) is 0.717. The van der Waals surface area contributed by atoms with Crippen molar-refractivity contribution in [3.63, 3.8) is 0 Å². The van der Waals surface area contributed by atoms with Crippen LogP contribution in [0.3, 0.4) is 0 Å². The van der Waals surface area contributed by atoms with Crippen LogP contribution in [-0.4, -0.2) is 44.5 Å². The summed E-state index contributed by atoms with van der Waals surface area (Å²) in [5.41, 5.74) is 0. The van der Waals surface area contributed by atoms with Crippen LogP contribution >= 0.6 is 0 Å². The summed E-state index contributed by atoms with van der Waals surface area (Å²) in [7, 11) is -3.38. The number of hydrogen-bond acceptors (Lipinski definition) is 4. The van der Waals surface area contributed by atoms with Crippen LogP contribution in [0.25, 0.3) is 0 Å². The summed E-state index contributed by atoms with van der Waals surface area (Å²) >= 11 is 0. The molecule has 16 heavy (non-hydrogen) atoms. The van der Waals surface area contributed by atoms with Crippen molar-refractivity contribution in [3.05, 3.63) is 0 Å². The summed E-state index contributed by atoms with van der Waals surface area (Å²) in [6, 6.07) is 0.0438. The van der Waals surface area contributed by atoms with Crippen molar-refractivity contribution in [2.75, 3.05) is 19.3 Å². The van der Waals surface area contributed by atoms with Crippen molar-refractivity contribution in [1.29, 1.82) is 0 Å². The van der Waals surface area contributed by atoms with Crippen LogP contribution in [0, 0.1) is 0 Å². The van der Waals surface area contributed by atoms with E-state index in [2.05, 4.69) is 10.6 Å². The van der Waals surface area contributed by atoms with Crippen LogP contribution in [0.5, 0.6) is 0 Å². The molecule has 1 rings (SSSR count). The molecule has 94 valence electrons. The van der Waals surface area contributed by atoms with E-state index in [1.807, 2.05) is 0 Å².